The molecule has 21 heavy (non-hydrogen) atoms. The number of ether oxygens (including phenoxy) is 1. The molecular weight excluding hydrogens is 274 g/mol. The first-order chi connectivity index (χ1) is 9.70. The molecule has 1 aromatic heterocycles. The Morgan fingerprint density at radius 1 is 1.43 bits per heavy atom. The molecule has 7 nitrogen and oxygen atoms in total. The lowest BCUT2D eigenvalue weighted by Gasteiger charge is -2.03. The van der Waals surface area contributed by atoms with Crippen molar-refractivity contribution >= 4 is 12.1 Å². The van der Waals surface area contributed by atoms with Crippen LogP contribution in [0.1, 0.15) is 15.9 Å². The lowest BCUT2D eigenvalue weighted by atomic mass is 10.2. The highest BCUT2D eigenvalue weighted by Crippen LogP contribution is 2.21. The Hall–Kier alpha value is -2.93. The molecule has 0 spiro atoms. The van der Waals surface area contributed by atoms with Crippen molar-refractivity contribution in [1.29, 1.82) is 0 Å². The van der Waals surface area contributed by atoms with Gasteiger partial charge in [-0.1, -0.05) is 0 Å². The number of amides is 1. The molecule has 0 radical (unpaired) electrons. The maximum atomic E-state index is 11.7. The summed E-state index contributed by atoms with van der Waals surface area (Å²) in [7, 11) is 1.51. The fourth-order valence-electron chi connectivity index (χ4n) is 1.48. The van der Waals surface area contributed by atoms with Crippen molar-refractivity contribution in [2.75, 3.05) is 7.11 Å². The van der Waals surface area contributed by atoms with Crippen molar-refractivity contribution in [1.82, 2.24) is 10.4 Å². The summed E-state index contributed by atoms with van der Waals surface area (Å²) in [5, 5.41) is 13.5. The summed E-state index contributed by atoms with van der Waals surface area (Å²) in [5.41, 5.74) is 3.23. The minimum atomic E-state index is -0.373. The van der Waals surface area contributed by atoms with Gasteiger partial charge in [0.15, 0.2) is 0 Å². The minimum absolute atomic E-state index is 0. The van der Waals surface area contributed by atoms with Crippen LogP contribution >= 0.6 is 0 Å². The highest BCUT2D eigenvalue weighted by molar-refractivity contribution is 5.94. The summed E-state index contributed by atoms with van der Waals surface area (Å²) < 4.78 is 4.97. The number of hydrogen-bond donors (Lipinski definition) is 2. The van der Waals surface area contributed by atoms with Crippen LogP contribution in [0.5, 0.6) is 11.5 Å². The Bertz CT molecular complexity index is 629. The van der Waals surface area contributed by atoms with Crippen molar-refractivity contribution in [3.8, 4) is 11.5 Å². The van der Waals surface area contributed by atoms with E-state index in [1.54, 1.807) is 30.5 Å². The first-order valence-corrected chi connectivity index (χ1v) is 5.81. The monoisotopic (exact) mass is 289 g/mol. The van der Waals surface area contributed by atoms with Gasteiger partial charge in [-0.15, -0.1) is 0 Å². The predicted molar refractivity (Wildman–Crippen MR) is 77.6 cm³/mol. The summed E-state index contributed by atoms with van der Waals surface area (Å²) in [6, 6.07) is 8.07. The number of nitrogens with zero attached hydrogens (tertiary/aromatic N) is 2. The average Bonchev–Trinajstić information content (AvgIpc) is 2.49. The lowest BCUT2D eigenvalue weighted by Crippen LogP contribution is -2.17. The normalized spacial score (nSPS) is 9.95. The Morgan fingerprint density at radius 3 is 2.86 bits per heavy atom. The summed E-state index contributed by atoms with van der Waals surface area (Å²) in [5.74, 6) is 0.185. The molecule has 0 aliphatic carbocycles. The topological polar surface area (TPSA) is 115 Å². The van der Waals surface area contributed by atoms with E-state index in [0.717, 1.165) is 0 Å². The fraction of sp³-hybridized carbons (Fsp3) is 0.0714. The summed E-state index contributed by atoms with van der Waals surface area (Å²) in [4.78, 5) is 15.5. The third-order valence-electron chi connectivity index (χ3n) is 2.53. The average molecular weight is 289 g/mol. The van der Waals surface area contributed by atoms with Crippen LogP contribution in [0.2, 0.25) is 0 Å². The molecule has 110 valence electrons. The molecule has 0 aliphatic heterocycles. The van der Waals surface area contributed by atoms with Gasteiger partial charge >= 0.3 is 0 Å². The van der Waals surface area contributed by atoms with Gasteiger partial charge in [0.05, 0.1) is 18.9 Å². The number of rotatable bonds is 4. The number of aromatic hydroxyl groups is 1. The van der Waals surface area contributed by atoms with Crippen LogP contribution in [0.4, 0.5) is 0 Å². The predicted octanol–water partition coefficient (Wildman–Crippen LogP) is 0.735. The van der Waals surface area contributed by atoms with Crippen LogP contribution in [0.3, 0.4) is 0 Å². The molecule has 2 aromatic rings. The van der Waals surface area contributed by atoms with E-state index in [2.05, 4.69) is 15.5 Å². The number of hydrogen-bond acceptors (Lipinski definition) is 5. The molecule has 0 unspecified atom stereocenters. The number of nitrogens with one attached hydrogen (secondary N) is 1. The third kappa shape index (κ3) is 4.29. The second-order valence-corrected chi connectivity index (χ2v) is 3.87. The highest BCUT2D eigenvalue weighted by atomic mass is 16.5. The van der Waals surface area contributed by atoms with Gasteiger partial charge in [0.2, 0.25) is 0 Å². The lowest BCUT2D eigenvalue weighted by molar-refractivity contribution is 0.0954. The first-order valence-electron chi connectivity index (χ1n) is 5.81. The molecule has 1 amide bonds. The molecule has 4 N–H and O–H groups in total. The molecule has 1 heterocycles. The maximum absolute atomic E-state index is 11.7. The van der Waals surface area contributed by atoms with Crippen molar-refractivity contribution in [3.05, 3.63) is 53.9 Å². The van der Waals surface area contributed by atoms with Gasteiger partial charge in [0, 0.05) is 24.0 Å². The standard InChI is InChI=1S/C14H13N3O3.H2O/c1-20-12-5-4-10(13(18)7-12)9-16-17-14(19)11-3-2-6-15-8-11;/h2-9,18H,1H3,(H,17,19);1H2/b16-9+;. The van der Waals surface area contributed by atoms with Gasteiger partial charge in [-0.3, -0.25) is 9.78 Å². The van der Waals surface area contributed by atoms with Crippen molar-refractivity contribution in [2.24, 2.45) is 5.10 Å². The molecule has 0 saturated carbocycles. The summed E-state index contributed by atoms with van der Waals surface area (Å²) in [6.45, 7) is 0. The zero-order valence-electron chi connectivity index (χ0n) is 11.3. The molecule has 7 heteroatoms. The summed E-state index contributed by atoms with van der Waals surface area (Å²) >= 11 is 0. The van der Waals surface area contributed by atoms with Gasteiger partial charge in [0.25, 0.3) is 5.91 Å². The molecule has 1 aromatic carbocycles. The summed E-state index contributed by atoms with van der Waals surface area (Å²) in [6.07, 6.45) is 4.37. The largest absolute Gasteiger partial charge is 0.507 e. The van der Waals surface area contributed by atoms with E-state index >= 15 is 0 Å². The van der Waals surface area contributed by atoms with E-state index in [1.807, 2.05) is 0 Å². The zero-order valence-corrected chi connectivity index (χ0v) is 11.3. The van der Waals surface area contributed by atoms with Gasteiger partial charge in [-0.2, -0.15) is 5.10 Å². The zero-order chi connectivity index (χ0) is 14.4. The number of carbonyl (C=O) groups excluding carboxylic acids is 1. The number of phenols is 1. The van der Waals surface area contributed by atoms with Crippen molar-refractivity contribution in [2.45, 2.75) is 0 Å². The number of methoxy groups -OCH3 is 1. The number of pyridine rings is 1. The number of phenolic OH excluding ortho intramolecular Hbond substituents is 1. The number of benzene rings is 1. The Labute approximate surface area is 121 Å². The van der Waals surface area contributed by atoms with Crippen LogP contribution in [-0.4, -0.2) is 34.8 Å². The van der Waals surface area contributed by atoms with Crippen LogP contribution in [0.15, 0.2) is 47.8 Å². The number of hydrazone groups is 1. The maximum Gasteiger partial charge on any atom is 0.272 e. The Morgan fingerprint density at radius 2 is 2.24 bits per heavy atom. The van der Waals surface area contributed by atoms with E-state index in [0.29, 0.717) is 16.9 Å². The molecular formula is C14H15N3O4. The smallest absolute Gasteiger partial charge is 0.272 e. The van der Waals surface area contributed by atoms with E-state index < -0.39 is 0 Å². The van der Waals surface area contributed by atoms with Crippen LogP contribution < -0.4 is 10.2 Å². The molecule has 0 saturated heterocycles. The van der Waals surface area contributed by atoms with Gasteiger partial charge in [-0.25, -0.2) is 5.43 Å². The molecule has 0 atom stereocenters. The molecule has 0 aliphatic rings. The van der Waals surface area contributed by atoms with Gasteiger partial charge < -0.3 is 15.3 Å². The van der Waals surface area contributed by atoms with Gasteiger partial charge in [-0.05, 0) is 24.3 Å². The molecule has 2 rings (SSSR count). The number of aromatic nitrogens is 1. The van der Waals surface area contributed by atoms with E-state index in [9.17, 15) is 9.90 Å². The quantitative estimate of drug-likeness (QED) is 0.637. The van der Waals surface area contributed by atoms with Crippen LogP contribution in [0.25, 0.3) is 0 Å². The Kier molecular flexibility index (Phi) is 5.84. The first kappa shape index (κ1) is 16.1. The third-order valence-corrected chi connectivity index (χ3v) is 2.53. The van der Waals surface area contributed by atoms with E-state index in [4.69, 9.17) is 4.74 Å². The van der Waals surface area contributed by atoms with E-state index in [1.165, 1.54) is 25.6 Å². The highest BCUT2D eigenvalue weighted by Gasteiger charge is 2.03. The molecule has 0 fully saturated rings. The van der Waals surface area contributed by atoms with E-state index in [-0.39, 0.29) is 17.1 Å². The number of carbonyl (C=O) groups is 1. The SMILES string of the molecule is COc1ccc(/C=N/NC(=O)c2cccnc2)c(O)c1.O. The molecule has 0 bridgehead atoms. The van der Waals surface area contributed by atoms with Gasteiger partial charge in [0.1, 0.15) is 11.5 Å². The second-order valence-electron chi connectivity index (χ2n) is 3.87. The van der Waals surface area contributed by atoms with Crippen LogP contribution in [-0.2, 0) is 0 Å². The van der Waals surface area contributed by atoms with Crippen LogP contribution in [0, 0.1) is 0 Å². The van der Waals surface area contributed by atoms with Crippen molar-refractivity contribution < 1.29 is 20.1 Å². The fourth-order valence-corrected chi connectivity index (χ4v) is 1.48. The van der Waals surface area contributed by atoms with Crippen molar-refractivity contribution in [3.63, 3.8) is 0 Å². The minimum Gasteiger partial charge on any atom is -0.507 e. The second kappa shape index (κ2) is 7.61. The Balaban J connectivity index is 0.00000220.